The number of aryl methyl sites for hydroxylation is 1. The molecule has 0 spiro atoms. The van der Waals surface area contributed by atoms with E-state index in [2.05, 4.69) is 19.1 Å². The summed E-state index contributed by atoms with van der Waals surface area (Å²) >= 11 is 0. The number of morpholine rings is 1. The fourth-order valence-corrected chi connectivity index (χ4v) is 4.35. The highest BCUT2D eigenvalue weighted by Crippen LogP contribution is 2.41. The van der Waals surface area contributed by atoms with Gasteiger partial charge in [-0.2, -0.15) is 0 Å². The van der Waals surface area contributed by atoms with Crippen molar-refractivity contribution >= 4 is 6.09 Å². The molecule has 148 valence electrons. The van der Waals surface area contributed by atoms with Crippen LogP contribution in [-0.2, 0) is 28.1 Å². The Bertz CT molecular complexity index is 791. The Morgan fingerprint density at radius 3 is 2.32 bits per heavy atom. The molecule has 0 aliphatic carbocycles. The number of nitrogens with zero attached hydrogens (tertiary/aromatic N) is 1. The molecule has 2 aliphatic rings. The summed E-state index contributed by atoms with van der Waals surface area (Å²) < 4.78 is 11.2. The van der Waals surface area contributed by atoms with E-state index in [1.807, 2.05) is 42.5 Å². The minimum Gasteiger partial charge on any atom is -0.445 e. The average Bonchev–Trinajstić information content (AvgIpc) is 2.72. The van der Waals surface area contributed by atoms with Gasteiger partial charge in [0.25, 0.3) is 0 Å². The quantitative estimate of drug-likeness (QED) is 0.879. The normalized spacial score (nSPS) is 26.7. The minimum absolute atomic E-state index is 0.188. The fourth-order valence-electron chi connectivity index (χ4n) is 4.35. The fraction of sp³-hybridized carbons (Fsp3) is 0.435. The Kier molecular flexibility index (Phi) is 5.38. The third-order valence-corrected chi connectivity index (χ3v) is 5.87. The summed E-state index contributed by atoms with van der Waals surface area (Å²) in [7, 11) is 0. The molecule has 2 aliphatic heterocycles. The first-order valence-corrected chi connectivity index (χ1v) is 9.97. The maximum absolute atomic E-state index is 12.8. The highest BCUT2D eigenvalue weighted by Gasteiger charge is 2.49. The molecule has 2 bridgehead atoms. The lowest BCUT2D eigenvalue weighted by molar-refractivity contribution is -0.136. The van der Waals surface area contributed by atoms with Gasteiger partial charge < -0.3 is 14.6 Å². The number of hydrogen-bond donors (Lipinski definition) is 1. The molecule has 0 saturated carbocycles. The second kappa shape index (κ2) is 7.94. The van der Waals surface area contributed by atoms with E-state index in [0.29, 0.717) is 26.1 Å². The number of hydrogen-bond acceptors (Lipinski definition) is 4. The number of fused-ring (bicyclic) bond motifs is 2. The molecule has 2 atom stereocenters. The topological polar surface area (TPSA) is 59.0 Å². The summed E-state index contributed by atoms with van der Waals surface area (Å²) in [6.45, 7) is 3.21. The Morgan fingerprint density at radius 1 is 1.07 bits per heavy atom. The molecule has 2 aromatic rings. The molecule has 5 heteroatoms. The van der Waals surface area contributed by atoms with Gasteiger partial charge in [0, 0.05) is 12.8 Å². The van der Waals surface area contributed by atoms with E-state index in [1.54, 1.807) is 4.90 Å². The van der Waals surface area contributed by atoms with Crippen molar-refractivity contribution < 1.29 is 19.4 Å². The van der Waals surface area contributed by atoms with Crippen LogP contribution in [0.4, 0.5) is 4.79 Å². The summed E-state index contributed by atoms with van der Waals surface area (Å²) in [5, 5.41) is 11.4. The lowest BCUT2D eigenvalue weighted by Gasteiger charge is -2.51. The van der Waals surface area contributed by atoms with Crippen LogP contribution in [0.25, 0.3) is 0 Å². The number of benzene rings is 2. The maximum Gasteiger partial charge on any atom is 0.410 e. The van der Waals surface area contributed by atoms with Gasteiger partial charge in [-0.15, -0.1) is 0 Å². The van der Waals surface area contributed by atoms with Gasteiger partial charge in [0.15, 0.2) is 0 Å². The molecule has 2 heterocycles. The van der Waals surface area contributed by atoms with Gasteiger partial charge in [0.1, 0.15) is 6.61 Å². The summed E-state index contributed by atoms with van der Waals surface area (Å²) in [5.74, 6) is 0. The van der Waals surface area contributed by atoms with Crippen LogP contribution in [0.5, 0.6) is 0 Å². The van der Waals surface area contributed by atoms with Gasteiger partial charge in [0.2, 0.25) is 0 Å². The van der Waals surface area contributed by atoms with Gasteiger partial charge in [-0.1, -0.05) is 61.5 Å². The first kappa shape index (κ1) is 19.0. The average molecular weight is 381 g/mol. The van der Waals surface area contributed by atoms with Gasteiger partial charge in [-0.05, 0) is 23.1 Å². The van der Waals surface area contributed by atoms with Crippen LogP contribution in [0.2, 0.25) is 0 Å². The van der Waals surface area contributed by atoms with Crippen molar-refractivity contribution in [3.8, 4) is 0 Å². The van der Waals surface area contributed by atoms with Crippen LogP contribution < -0.4 is 0 Å². The van der Waals surface area contributed by atoms with Crippen molar-refractivity contribution in [2.24, 2.45) is 0 Å². The smallest absolute Gasteiger partial charge is 0.410 e. The number of ether oxygens (including phenoxy) is 2. The lowest BCUT2D eigenvalue weighted by Crippen LogP contribution is -2.62. The molecule has 2 saturated heterocycles. The third-order valence-electron chi connectivity index (χ3n) is 5.87. The van der Waals surface area contributed by atoms with Crippen molar-refractivity contribution in [1.29, 1.82) is 0 Å². The predicted octanol–water partition coefficient (Wildman–Crippen LogP) is 3.64. The van der Waals surface area contributed by atoms with Crippen LogP contribution in [0, 0.1) is 0 Å². The van der Waals surface area contributed by atoms with E-state index in [0.717, 1.165) is 17.5 Å². The third kappa shape index (κ3) is 3.77. The van der Waals surface area contributed by atoms with Gasteiger partial charge >= 0.3 is 6.09 Å². The van der Waals surface area contributed by atoms with E-state index in [-0.39, 0.29) is 24.8 Å². The monoisotopic (exact) mass is 381 g/mol. The number of amides is 1. The number of piperidine rings is 1. The van der Waals surface area contributed by atoms with Crippen molar-refractivity contribution in [2.45, 2.75) is 50.5 Å². The predicted molar refractivity (Wildman–Crippen MR) is 106 cm³/mol. The van der Waals surface area contributed by atoms with Crippen LogP contribution in [0.1, 0.15) is 36.5 Å². The zero-order valence-corrected chi connectivity index (χ0v) is 16.2. The van der Waals surface area contributed by atoms with E-state index < -0.39 is 5.60 Å². The Balaban J connectivity index is 1.47. The molecule has 0 radical (unpaired) electrons. The molecule has 5 nitrogen and oxygen atoms in total. The summed E-state index contributed by atoms with van der Waals surface area (Å²) in [6.07, 6.45) is 1.55. The number of rotatable bonds is 4. The zero-order valence-electron chi connectivity index (χ0n) is 16.2. The molecule has 4 rings (SSSR count). The highest BCUT2D eigenvalue weighted by atomic mass is 16.6. The van der Waals surface area contributed by atoms with E-state index in [1.165, 1.54) is 5.56 Å². The largest absolute Gasteiger partial charge is 0.445 e. The molecule has 2 fully saturated rings. The van der Waals surface area contributed by atoms with Gasteiger partial charge in [-0.3, -0.25) is 4.90 Å². The second-order valence-corrected chi connectivity index (χ2v) is 7.78. The first-order valence-electron chi connectivity index (χ1n) is 9.97. The van der Waals surface area contributed by atoms with Crippen molar-refractivity contribution in [1.82, 2.24) is 4.90 Å². The van der Waals surface area contributed by atoms with Gasteiger partial charge in [0.05, 0.1) is 30.9 Å². The SMILES string of the molecule is CCc1ccc(C2(O)CC3COCC(C2)N3C(=O)OCc2ccccc2)cc1. The Labute approximate surface area is 165 Å². The number of aliphatic hydroxyl groups is 1. The lowest BCUT2D eigenvalue weighted by atomic mass is 9.77. The molecule has 28 heavy (non-hydrogen) atoms. The molecule has 1 amide bonds. The molecular formula is C23H27NO4. The van der Waals surface area contributed by atoms with Crippen LogP contribution in [0.15, 0.2) is 54.6 Å². The summed E-state index contributed by atoms with van der Waals surface area (Å²) in [4.78, 5) is 14.6. The molecule has 2 aromatic carbocycles. The van der Waals surface area contributed by atoms with E-state index in [9.17, 15) is 9.90 Å². The summed E-state index contributed by atoms with van der Waals surface area (Å²) in [6, 6.07) is 17.5. The van der Waals surface area contributed by atoms with Gasteiger partial charge in [-0.25, -0.2) is 4.79 Å². The standard InChI is InChI=1S/C23H27NO4/c1-2-17-8-10-19(11-9-17)23(26)12-20-15-27-16-21(13-23)24(20)22(25)28-14-18-6-4-3-5-7-18/h3-11,20-21,26H,2,12-16H2,1H3. The molecule has 1 N–H and O–H groups in total. The Hall–Kier alpha value is -2.37. The first-order chi connectivity index (χ1) is 13.6. The molecule has 2 unspecified atom stereocenters. The van der Waals surface area contributed by atoms with Crippen molar-refractivity contribution in [3.63, 3.8) is 0 Å². The van der Waals surface area contributed by atoms with Crippen molar-refractivity contribution in [2.75, 3.05) is 13.2 Å². The maximum atomic E-state index is 12.8. The van der Waals surface area contributed by atoms with Crippen LogP contribution in [0.3, 0.4) is 0 Å². The summed E-state index contributed by atoms with van der Waals surface area (Å²) in [5.41, 5.74) is 2.18. The van der Waals surface area contributed by atoms with Crippen LogP contribution in [-0.4, -0.2) is 41.4 Å². The number of carbonyl (C=O) groups excluding carboxylic acids is 1. The van der Waals surface area contributed by atoms with Crippen molar-refractivity contribution in [3.05, 3.63) is 71.3 Å². The highest BCUT2D eigenvalue weighted by molar-refractivity contribution is 5.69. The second-order valence-electron chi connectivity index (χ2n) is 7.78. The van der Waals surface area contributed by atoms with E-state index >= 15 is 0 Å². The number of carbonyl (C=O) groups is 1. The Morgan fingerprint density at radius 2 is 1.71 bits per heavy atom. The molecule has 0 aromatic heterocycles. The van der Waals surface area contributed by atoms with E-state index in [4.69, 9.17) is 9.47 Å². The van der Waals surface area contributed by atoms with Crippen LogP contribution >= 0.6 is 0 Å². The minimum atomic E-state index is -0.943. The zero-order chi connectivity index (χ0) is 19.6. The molecular weight excluding hydrogens is 354 g/mol.